The van der Waals surface area contributed by atoms with Crippen molar-refractivity contribution in [2.75, 3.05) is 20.3 Å². The van der Waals surface area contributed by atoms with Crippen molar-refractivity contribution in [3.8, 4) is 0 Å². The van der Waals surface area contributed by atoms with Crippen molar-refractivity contribution < 1.29 is 28.5 Å². The van der Waals surface area contributed by atoms with Crippen molar-refractivity contribution in [2.24, 2.45) is 29.1 Å². The smallest absolute Gasteiger partial charge is 0.312 e. The molecule has 0 bridgehead atoms. The third-order valence-electron chi connectivity index (χ3n) is 5.79. The number of hydrogen-bond donors (Lipinski definition) is 0. The fourth-order valence-corrected chi connectivity index (χ4v) is 4.40. The number of methoxy groups -OCH3 is 1. The van der Waals surface area contributed by atoms with Gasteiger partial charge in [0, 0.05) is 18.3 Å². The number of hydrogen-bond acceptors (Lipinski definition) is 6. The van der Waals surface area contributed by atoms with Gasteiger partial charge in [0.15, 0.2) is 5.79 Å². The van der Waals surface area contributed by atoms with Crippen LogP contribution in [0.2, 0.25) is 0 Å². The third kappa shape index (κ3) is 3.56. The normalized spacial score (nSPS) is 35.6. The topological polar surface area (TPSA) is 71.1 Å². The van der Waals surface area contributed by atoms with Gasteiger partial charge in [0.2, 0.25) is 0 Å². The monoisotopic (exact) mass is 354 g/mol. The van der Waals surface area contributed by atoms with Crippen LogP contribution >= 0.6 is 0 Å². The molecule has 6 heteroatoms. The number of carbonyl (C=O) groups excluding carboxylic acids is 2. The van der Waals surface area contributed by atoms with Crippen molar-refractivity contribution in [1.82, 2.24) is 0 Å². The van der Waals surface area contributed by atoms with E-state index in [0.29, 0.717) is 26.1 Å². The number of carbonyl (C=O) groups is 2. The number of esters is 2. The minimum absolute atomic E-state index is 0.0139. The van der Waals surface area contributed by atoms with E-state index in [4.69, 9.17) is 18.9 Å². The fourth-order valence-electron chi connectivity index (χ4n) is 4.40. The maximum atomic E-state index is 12.4. The molecule has 3 aliphatic rings. The van der Waals surface area contributed by atoms with Crippen LogP contribution in [0.4, 0.5) is 0 Å². The van der Waals surface area contributed by atoms with Gasteiger partial charge in [0.25, 0.3) is 0 Å². The lowest BCUT2D eigenvalue weighted by molar-refractivity contribution is -0.298. The van der Waals surface area contributed by atoms with Gasteiger partial charge in [-0.05, 0) is 18.3 Å². The van der Waals surface area contributed by atoms with Crippen LogP contribution in [0.1, 0.15) is 47.0 Å². The van der Waals surface area contributed by atoms with Gasteiger partial charge < -0.3 is 18.9 Å². The van der Waals surface area contributed by atoms with Crippen molar-refractivity contribution in [3.63, 3.8) is 0 Å². The first-order valence-electron chi connectivity index (χ1n) is 9.23. The third-order valence-corrected chi connectivity index (χ3v) is 5.79. The van der Waals surface area contributed by atoms with E-state index in [1.807, 2.05) is 0 Å². The maximum absolute atomic E-state index is 12.4. The van der Waals surface area contributed by atoms with Gasteiger partial charge in [-0.2, -0.15) is 0 Å². The molecule has 6 nitrogen and oxygen atoms in total. The van der Waals surface area contributed by atoms with Gasteiger partial charge in [-0.25, -0.2) is 0 Å². The summed E-state index contributed by atoms with van der Waals surface area (Å²) in [5.41, 5.74) is 0.0139. The minimum atomic E-state index is -0.593. The summed E-state index contributed by atoms with van der Waals surface area (Å²) >= 11 is 0. The summed E-state index contributed by atoms with van der Waals surface area (Å²) < 4.78 is 22.9. The summed E-state index contributed by atoms with van der Waals surface area (Å²) in [6.07, 6.45) is 1.66. The molecule has 1 heterocycles. The van der Waals surface area contributed by atoms with E-state index in [9.17, 15) is 9.59 Å². The summed E-state index contributed by atoms with van der Waals surface area (Å²) in [7, 11) is 1.39. The molecule has 4 atom stereocenters. The highest BCUT2D eigenvalue weighted by Gasteiger charge is 2.60. The molecule has 0 aromatic rings. The Balaban J connectivity index is 1.73. The largest absolute Gasteiger partial charge is 0.469 e. The van der Waals surface area contributed by atoms with Gasteiger partial charge in [-0.15, -0.1) is 0 Å². The Hall–Kier alpha value is -1.14. The lowest BCUT2D eigenvalue weighted by Gasteiger charge is -2.42. The van der Waals surface area contributed by atoms with Crippen LogP contribution in [0.3, 0.4) is 0 Å². The second-order valence-electron chi connectivity index (χ2n) is 8.90. The predicted octanol–water partition coefficient (Wildman–Crippen LogP) is 2.54. The highest BCUT2D eigenvalue weighted by molar-refractivity contribution is 5.76. The van der Waals surface area contributed by atoms with Crippen LogP contribution in [-0.2, 0) is 28.5 Å². The number of fused-ring (bicyclic) bond motifs is 1. The van der Waals surface area contributed by atoms with E-state index in [0.717, 1.165) is 6.42 Å². The first-order valence-corrected chi connectivity index (χ1v) is 9.23. The first-order chi connectivity index (χ1) is 11.7. The van der Waals surface area contributed by atoms with E-state index in [1.165, 1.54) is 7.11 Å². The molecule has 0 aromatic heterocycles. The van der Waals surface area contributed by atoms with Gasteiger partial charge in [0.1, 0.15) is 6.10 Å². The lowest BCUT2D eigenvalue weighted by atomic mass is 9.90. The van der Waals surface area contributed by atoms with E-state index >= 15 is 0 Å². The maximum Gasteiger partial charge on any atom is 0.312 e. The first kappa shape index (κ1) is 18.6. The quantitative estimate of drug-likeness (QED) is 0.726. The molecule has 3 rings (SSSR count). The zero-order valence-electron chi connectivity index (χ0n) is 15.9. The molecule has 0 radical (unpaired) electrons. The molecule has 1 aliphatic heterocycles. The Bertz CT molecular complexity index is 530. The summed E-state index contributed by atoms with van der Waals surface area (Å²) in [5.74, 6) is -1.49. The molecule has 3 fully saturated rings. The Morgan fingerprint density at radius 3 is 2.32 bits per heavy atom. The van der Waals surface area contributed by atoms with Crippen molar-refractivity contribution >= 4 is 11.9 Å². The number of rotatable bonds is 3. The Labute approximate surface area is 149 Å². The molecule has 25 heavy (non-hydrogen) atoms. The lowest BCUT2D eigenvalue weighted by Crippen LogP contribution is -2.47. The van der Waals surface area contributed by atoms with Crippen molar-refractivity contribution in [1.29, 1.82) is 0 Å². The van der Waals surface area contributed by atoms with Gasteiger partial charge in [-0.1, -0.05) is 27.7 Å². The van der Waals surface area contributed by atoms with Gasteiger partial charge in [0.05, 0.1) is 32.2 Å². The highest BCUT2D eigenvalue weighted by Crippen LogP contribution is 2.55. The molecule has 142 valence electrons. The zero-order valence-corrected chi connectivity index (χ0v) is 15.9. The average molecular weight is 354 g/mol. The average Bonchev–Trinajstić information content (AvgIpc) is 3.04. The molecule has 2 aliphatic carbocycles. The van der Waals surface area contributed by atoms with Crippen LogP contribution in [0.15, 0.2) is 0 Å². The van der Waals surface area contributed by atoms with Crippen LogP contribution in [0.25, 0.3) is 0 Å². The molecule has 0 aromatic carbocycles. The summed E-state index contributed by atoms with van der Waals surface area (Å²) in [4.78, 5) is 24.4. The summed E-state index contributed by atoms with van der Waals surface area (Å²) in [6, 6.07) is 0. The summed E-state index contributed by atoms with van der Waals surface area (Å²) in [6.45, 7) is 9.14. The summed E-state index contributed by atoms with van der Waals surface area (Å²) in [5, 5.41) is 0. The Morgan fingerprint density at radius 1 is 1.12 bits per heavy atom. The molecule has 0 amide bonds. The van der Waals surface area contributed by atoms with Crippen LogP contribution < -0.4 is 0 Å². The predicted molar refractivity (Wildman–Crippen MR) is 89.5 cm³/mol. The molecule has 1 spiro atoms. The second kappa shape index (κ2) is 6.54. The van der Waals surface area contributed by atoms with Crippen LogP contribution in [-0.4, -0.2) is 44.2 Å². The van der Waals surface area contributed by atoms with Crippen LogP contribution in [0, 0.1) is 29.1 Å². The molecule has 0 unspecified atom stereocenters. The minimum Gasteiger partial charge on any atom is -0.469 e. The molecule has 0 N–H and O–H groups in total. The van der Waals surface area contributed by atoms with Crippen molar-refractivity contribution in [2.45, 2.75) is 58.8 Å². The van der Waals surface area contributed by atoms with E-state index in [2.05, 4.69) is 13.8 Å². The van der Waals surface area contributed by atoms with Gasteiger partial charge >= 0.3 is 11.9 Å². The molecule has 1 saturated heterocycles. The van der Waals surface area contributed by atoms with E-state index in [-0.39, 0.29) is 35.1 Å². The van der Waals surface area contributed by atoms with Crippen LogP contribution in [0.5, 0.6) is 0 Å². The highest BCUT2D eigenvalue weighted by atomic mass is 16.7. The Kier molecular flexibility index (Phi) is 4.88. The van der Waals surface area contributed by atoms with Gasteiger partial charge in [-0.3, -0.25) is 9.59 Å². The van der Waals surface area contributed by atoms with Crippen molar-refractivity contribution in [3.05, 3.63) is 0 Å². The second-order valence-corrected chi connectivity index (χ2v) is 8.90. The molecular formula is C19H30O6. The Morgan fingerprint density at radius 2 is 1.76 bits per heavy atom. The molecular weight excluding hydrogens is 324 g/mol. The standard InChI is InChI=1S/C19H30O6/c1-11(2)16(20)25-14-6-12-7-19(23-9-18(3,4)10-24-19)8-13(12)15(14)17(21)22-5/h11-15H,6-10H2,1-5H3/t12-,13+,14+,15+/m0/s1. The SMILES string of the molecule is COC(=O)[C@@H]1[C@@H]2CC3(C[C@@H]2C[C@H]1OC(=O)C(C)C)OCC(C)(C)CO3. The van der Waals surface area contributed by atoms with E-state index in [1.54, 1.807) is 13.8 Å². The fraction of sp³-hybridized carbons (Fsp3) is 0.895. The van der Waals surface area contributed by atoms with E-state index < -0.39 is 17.8 Å². The zero-order chi connectivity index (χ0) is 18.4. The molecule has 2 saturated carbocycles. The number of ether oxygens (including phenoxy) is 4.